The van der Waals surface area contributed by atoms with Gasteiger partial charge in [-0.05, 0) is 43.2 Å². The molecular formula is C12H14O2. The molecule has 0 fully saturated rings. The summed E-state index contributed by atoms with van der Waals surface area (Å²) in [5.74, 6) is 0.891. The maximum Gasteiger partial charge on any atom is 0.152 e. The summed E-state index contributed by atoms with van der Waals surface area (Å²) < 4.78 is 5.08. The molecule has 0 aliphatic carbocycles. The molecule has 14 heavy (non-hydrogen) atoms. The Bertz CT molecular complexity index is 365. The van der Waals surface area contributed by atoms with Gasteiger partial charge in [0.15, 0.2) is 5.78 Å². The highest BCUT2D eigenvalue weighted by atomic mass is 16.5. The molecule has 0 radical (unpaired) electrons. The molecule has 1 rings (SSSR count). The fraction of sp³-hybridized carbons (Fsp3) is 0.250. The van der Waals surface area contributed by atoms with Crippen molar-refractivity contribution in [1.82, 2.24) is 0 Å². The fourth-order valence-corrected chi connectivity index (χ4v) is 1.17. The Morgan fingerprint density at radius 3 is 2.64 bits per heavy atom. The monoisotopic (exact) mass is 190 g/mol. The van der Waals surface area contributed by atoms with Gasteiger partial charge in [0.2, 0.25) is 0 Å². The summed E-state index contributed by atoms with van der Waals surface area (Å²) in [6.45, 7) is 3.53. The number of rotatable bonds is 3. The highest BCUT2D eigenvalue weighted by Gasteiger charge is 1.96. The molecule has 0 saturated heterocycles. The van der Waals surface area contributed by atoms with Gasteiger partial charge in [-0.25, -0.2) is 0 Å². The maximum atomic E-state index is 10.7. The third-order valence-electron chi connectivity index (χ3n) is 1.97. The van der Waals surface area contributed by atoms with Gasteiger partial charge in [-0.3, -0.25) is 4.79 Å². The van der Waals surface area contributed by atoms with Gasteiger partial charge in [-0.2, -0.15) is 0 Å². The first-order valence-corrected chi connectivity index (χ1v) is 4.47. The molecule has 74 valence electrons. The van der Waals surface area contributed by atoms with Crippen molar-refractivity contribution in [1.29, 1.82) is 0 Å². The Labute approximate surface area is 84.2 Å². The van der Waals surface area contributed by atoms with E-state index in [2.05, 4.69) is 0 Å². The largest absolute Gasteiger partial charge is 0.497 e. The average molecular weight is 190 g/mol. The van der Waals surface area contributed by atoms with Gasteiger partial charge >= 0.3 is 0 Å². The number of aryl methyl sites for hydroxylation is 1. The van der Waals surface area contributed by atoms with Crippen LogP contribution in [0.2, 0.25) is 0 Å². The van der Waals surface area contributed by atoms with Crippen LogP contribution in [0.5, 0.6) is 5.75 Å². The van der Waals surface area contributed by atoms with Crippen LogP contribution in [0.15, 0.2) is 24.3 Å². The number of ketones is 1. The molecule has 0 unspecified atom stereocenters. The molecule has 0 amide bonds. The van der Waals surface area contributed by atoms with Gasteiger partial charge in [0.25, 0.3) is 0 Å². The highest BCUT2D eigenvalue weighted by Crippen LogP contribution is 2.17. The van der Waals surface area contributed by atoms with Crippen molar-refractivity contribution in [3.05, 3.63) is 35.4 Å². The number of methoxy groups -OCH3 is 1. The topological polar surface area (TPSA) is 26.3 Å². The molecule has 0 heterocycles. The summed E-state index contributed by atoms with van der Waals surface area (Å²) in [4.78, 5) is 10.7. The molecule has 0 aliphatic heterocycles. The molecular weight excluding hydrogens is 176 g/mol. The lowest BCUT2D eigenvalue weighted by Gasteiger charge is -2.03. The minimum Gasteiger partial charge on any atom is -0.497 e. The van der Waals surface area contributed by atoms with E-state index >= 15 is 0 Å². The standard InChI is InChI=1S/C12H14O2/c1-9-8-12(14-3)7-6-11(9)5-4-10(2)13/h4-8H,1-3H3/b5-4+. The SMILES string of the molecule is COc1ccc(/C=C/C(C)=O)c(C)c1. The van der Waals surface area contributed by atoms with Crippen LogP contribution in [-0.4, -0.2) is 12.9 Å². The zero-order valence-electron chi connectivity index (χ0n) is 8.70. The zero-order valence-corrected chi connectivity index (χ0v) is 8.70. The summed E-state index contributed by atoms with van der Waals surface area (Å²) in [5, 5.41) is 0. The van der Waals surface area contributed by atoms with Crippen molar-refractivity contribution in [2.75, 3.05) is 7.11 Å². The Morgan fingerprint density at radius 2 is 2.14 bits per heavy atom. The highest BCUT2D eigenvalue weighted by molar-refractivity contribution is 5.91. The van der Waals surface area contributed by atoms with Crippen molar-refractivity contribution >= 4 is 11.9 Å². The number of allylic oxidation sites excluding steroid dienone is 1. The molecule has 0 aromatic heterocycles. The van der Waals surface area contributed by atoms with E-state index in [1.807, 2.05) is 31.2 Å². The minimum atomic E-state index is 0.0558. The van der Waals surface area contributed by atoms with Crippen LogP contribution >= 0.6 is 0 Å². The van der Waals surface area contributed by atoms with Gasteiger partial charge in [0.05, 0.1) is 7.11 Å². The summed E-state index contributed by atoms with van der Waals surface area (Å²) in [6.07, 6.45) is 3.38. The van der Waals surface area contributed by atoms with Crippen LogP contribution < -0.4 is 4.74 Å². The Kier molecular flexibility index (Phi) is 3.46. The van der Waals surface area contributed by atoms with Gasteiger partial charge in [0.1, 0.15) is 5.75 Å². The van der Waals surface area contributed by atoms with E-state index in [1.54, 1.807) is 13.2 Å². The quantitative estimate of drug-likeness (QED) is 0.685. The molecule has 0 N–H and O–H groups in total. The van der Waals surface area contributed by atoms with Crippen LogP contribution in [0.4, 0.5) is 0 Å². The van der Waals surface area contributed by atoms with Gasteiger partial charge in [0, 0.05) is 0 Å². The third kappa shape index (κ3) is 2.73. The van der Waals surface area contributed by atoms with Crippen LogP contribution in [-0.2, 0) is 4.79 Å². The summed E-state index contributed by atoms with van der Waals surface area (Å²) in [6, 6.07) is 5.76. The summed E-state index contributed by atoms with van der Waals surface area (Å²) in [7, 11) is 1.64. The molecule has 2 heteroatoms. The maximum absolute atomic E-state index is 10.7. The second kappa shape index (κ2) is 4.61. The molecule has 1 aromatic rings. The van der Waals surface area contributed by atoms with Gasteiger partial charge < -0.3 is 4.74 Å². The van der Waals surface area contributed by atoms with E-state index < -0.39 is 0 Å². The Balaban J connectivity index is 2.94. The van der Waals surface area contributed by atoms with E-state index in [0.717, 1.165) is 16.9 Å². The van der Waals surface area contributed by atoms with E-state index in [-0.39, 0.29) is 5.78 Å². The van der Waals surface area contributed by atoms with Crippen LogP contribution in [0, 0.1) is 6.92 Å². The molecule has 0 saturated carbocycles. The number of carbonyl (C=O) groups is 1. The van der Waals surface area contributed by atoms with Gasteiger partial charge in [-0.1, -0.05) is 12.1 Å². The lowest BCUT2D eigenvalue weighted by atomic mass is 10.1. The van der Waals surface area contributed by atoms with E-state index in [4.69, 9.17) is 4.74 Å². The minimum absolute atomic E-state index is 0.0558. The van der Waals surface area contributed by atoms with E-state index in [9.17, 15) is 4.79 Å². The first-order valence-electron chi connectivity index (χ1n) is 4.47. The lowest BCUT2D eigenvalue weighted by Crippen LogP contribution is -1.87. The molecule has 2 nitrogen and oxygen atoms in total. The lowest BCUT2D eigenvalue weighted by molar-refractivity contribution is -0.112. The van der Waals surface area contributed by atoms with Crippen molar-refractivity contribution in [3.63, 3.8) is 0 Å². The normalized spacial score (nSPS) is 10.5. The zero-order chi connectivity index (χ0) is 10.6. The van der Waals surface area contributed by atoms with Crippen LogP contribution in [0.3, 0.4) is 0 Å². The smallest absolute Gasteiger partial charge is 0.152 e. The Hall–Kier alpha value is -1.57. The summed E-state index contributed by atoms with van der Waals surface area (Å²) >= 11 is 0. The summed E-state index contributed by atoms with van der Waals surface area (Å²) in [5.41, 5.74) is 2.14. The first kappa shape index (κ1) is 10.5. The van der Waals surface area contributed by atoms with Crippen LogP contribution in [0.1, 0.15) is 18.1 Å². The second-order valence-corrected chi connectivity index (χ2v) is 3.17. The number of benzene rings is 1. The molecule has 0 aliphatic rings. The average Bonchev–Trinajstić information content (AvgIpc) is 2.15. The molecule has 0 spiro atoms. The fourth-order valence-electron chi connectivity index (χ4n) is 1.17. The predicted octanol–water partition coefficient (Wildman–Crippen LogP) is 2.61. The Morgan fingerprint density at radius 1 is 1.43 bits per heavy atom. The number of ether oxygens (including phenoxy) is 1. The van der Waals surface area contributed by atoms with Crippen molar-refractivity contribution in [2.45, 2.75) is 13.8 Å². The van der Waals surface area contributed by atoms with Gasteiger partial charge in [-0.15, -0.1) is 0 Å². The molecule has 0 bridgehead atoms. The number of carbonyl (C=O) groups excluding carboxylic acids is 1. The second-order valence-electron chi connectivity index (χ2n) is 3.17. The third-order valence-corrected chi connectivity index (χ3v) is 1.97. The van der Waals surface area contributed by atoms with Crippen molar-refractivity contribution in [3.8, 4) is 5.75 Å². The number of hydrogen-bond donors (Lipinski definition) is 0. The first-order chi connectivity index (χ1) is 6.63. The van der Waals surface area contributed by atoms with E-state index in [1.165, 1.54) is 6.92 Å². The number of hydrogen-bond acceptors (Lipinski definition) is 2. The van der Waals surface area contributed by atoms with Crippen LogP contribution in [0.25, 0.3) is 6.08 Å². The molecule has 0 atom stereocenters. The van der Waals surface area contributed by atoms with E-state index in [0.29, 0.717) is 0 Å². The van der Waals surface area contributed by atoms with Crippen molar-refractivity contribution in [2.24, 2.45) is 0 Å². The molecule has 1 aromatic carbocycles. The van der Waals surface area contributed by atoms with Crippen molar-refractivity contribution < 1.29 is 9.53 Å². The predicted molar refractivity (Wildman–Crippen MR) is 57.4 cm³/mol.